The average Bonchev–Trinajstić information content (AvgIpc) is 3.95. The molecule has 5 nitrogen and oxygen atoms in total. The monoisotopic (exact) mass is 751 g/mol. The summed E-state index contributed by atoms with van der Waals surface area (Å²) < 4.78 is 7.11. The molecule has 0 radical (unpaired) electrons. The van der Waals surface area contributed by atoms with Crippen LogP contribution in [0.25, 0.3) is 116 Å². The molecule has 0 spiro atoms. The van der Waals surface area contributed by atoms with Gasteiger partial charge in [0.1, 0.15) is 0 Å². The Kier molecular flexibility index (Phi) is 6.66. The quantitative estimate of drug-likeness (QED) is 0.180. The third-order valence-electron chi connectivity index (χ3n) is 12.2. The molecule has 0 N–H and O–H groups in total. The SMILES string of the molecule is c1ccc(-n2c3ccccc3c3cc(-c4nc(-n5c6ccccc6c6c7c8ccccc8n(-c8ccccc8)c7c7ccccc7c65)nc5ccccc45)ccc32)cc1. The molecule has 0 aliphatic carbocycles. The van der Waals surface area contributed by atoms with Gasteiger partial charge in [-0.25, -0.2) is 9.97 Å². The van der Waals surface area contributed by atoms with Crippen LogP contribution in [0.2, 0.25) is 0 Å². The molecule has 0 aliphatic rings. The van der Waals surface area contributed by atoms with Gasteiger partial charge in [-0.1, -0.05) is 140 Å². The first-order valence-electron chi connectivity index (χ1n) is 20.1. The predicted octanol–water partition coefficient (Wildman–Crippen LogP) is 13.7. The van der Waals surface area contributed by atoms with Crippen LogP contribution in [0.15, 0.2) is 200 Å². The van der Waals surface area contributed by atoms with E-state index in [1.165, 1.54) is 54.3 Å². The third kappa shape index (κ3) is 4.50. The zero-order valence-electron chi connectivity index (χ0n) is 31.8. The standard InChI is InChI=1S/C54H33N5/c1-3-17-35(18-4-1)57-45-28-14-10-21-37(45)43-33-34(31-32-48(43)57)51-40-24-9-13-27-44(40)55-54(56-51)59-47-30-16-12-26-42(47)50-49-41-25-11-15-29-46(41)58(36-19-5-2-6-20-36)52(49)38-22-7-8-23-39(38)53(50)59/h1-33H. The van der Waals surface area contributed by atoms with Crippen LogP contribution in [-0.2, 0) is 0 Å². The van der Waals surface area contributed by atoms with Gasteiger partial charge in [-0.3, -0.25) is 4.57 Å². The van der Waals surface area contributed by atoms with Gasteiger partial charge in [-0.2, -0.15) is 0 Å². The summed E-state index contributed by atoms with van der Waals surface area (Å²) in [5.41, 5.74) is 12.0. The second kappa shape index (κ2) is 12.2. The number of fused-ring (bicyclic) bond motifs is 14. The van der Waals surface area contributed by atoms with Gasteiger partial charge >= 0.3 is 0 Å². The number of para-hydroxylation sites is 6. The lowest BCUT2D eigenvalue weighted by molar-refractivity contribution is 1.02. The fourth-order valence-corrected chi connectivity index (χ4v) is 9.81. The first kappa shape index (κ1) is 32.1. The molecular formula is C54H33N5. The maximum absolute atomic E-state index is 5.61. The predicted molar refractivity (Wildman–Crippen MR) is 245 cm³/mol. The number of hydrogen-bond acceptors (Lipinski definition) is 2. The van der Waals surface area contributed by atoms with E-state index in [4.69, 9.17) is 9.97 Å². The Morgan fingerprint density at radius 3 is 1.41 bits per heavy atom. The van der Waals surface area contributed by atoms with E-state index in [0.29, 0.717) is 5.95 Å². The third-order valence-corrected chi connectivity index (χ3v) is 12.2. The van der Waals surface area contributed by atoms with Crippen molar-refractivity contribution in [1.29, 1.82) is 0 Å². The van der Waals surface area contributed by atoms with Crippen molar-refractivity contribution in [2.24, 2.45) is 0 Å². The highest BCUT2D eigenvalue weighted by molar-refractivity contribution is 6.37. The van der Waals surface area contributed by atoms with Crippen LogP contribution in [0, 0.1) is 0 Å². The van der Waals surface area contributed by atoms with E-state index in [1.54, 1.807) is 0 Å². The molecule has 0 bridgehead atoms. The Morgan fingerprint density at radius 2 is 0.763 bits per heavy atom. The molecule has 9 aromatic carbocycles. The van der Waals surface area contributed by atoms with Crippen molar-refractivity contribution in [2.75, 3.05) is 0 Å². The van der Waals surface area contributed by atoms with Crippen molar-refractivity contribution in [1.82, 2.24) is 23.7 Å². The Balaban J connectivity index is 1.15. The van der Waals surface area contributed by atoms with Gasteiger partial charge in [0.2, 0.25) is 5.95 Å². The van der Waals surface area contributed by atoms with Gasteiger partial charge in [0.15, 0.2) is 0 Å². The molecule has 0 aliphatic heterocycles. The highest BCUT2D eigenvalue weighted by atomic mass is 15.2. The maximum atomic E-state index is 5.61. The molecule has 5 heteroatoms. The lowest BCUT2D eigenvalue weighted by Crippen LogP contribution is -2.04. The molecular weight excluding hydrogens is 719 g/mol. The van der Waals surface area contributed by atoms with Gasteiger partial charge in [-0.15, -0.1) is 0 Å². The van der Waals surface area contributed by atoms with E-state index in [0.717, 1.165) is 55.5 Å². The summed E-state index contributed by atoms with van der Waals surface area (Å²) in [5.74, 6) is 0.646. The molecule has 0 amide bonds. The van der Waals surface area contributed by atoms with Crippen molar-refractivity contribution in [3.63, 3.8) is 0 Å². The van der Waals surface area contributed by atoms with Crippen molar-refractivity contribution in [3.05, 3.63) is 200 Å². The molecule has 13 aromatic rings. The molecule has 59 heavy (non-hydrogen) atoms. The largest absolute Gasteiger partial charge is 0.309 e. The van der Waals surface area contributed by atoms with Gasteiger partial charge < -0.3 is 9.13 Å². The number of nitrogens with zero attached hydrogens (tertiary/aromatic N) is 5. The summed E-state index contributed by atoms with van der Waals surface area (Å²) in [6, 6.07) is 71.7. The van der Waals surface area contributed by atoms with Gasteiger partial charge in [-0.05, 0) is 60.7 Å². The van der Waals surface area contributed by atoms with E-state index in [2.05, 4.69) is 214 Å². The summed E-state index contributed by atoms with van der Waals surface area (Å²) in [6.45, 7) is 0. The van der Waals surface area contributed by atoms with Crippen LogP contribution >= 0.6 is 0 Å². The van der Waals surface area contributed by atoms with E-state index >= 15 is 0 Å². The van der Waals surface area contributed by atoms with Gasteiger partial charge in [0.25, 0.3) is 0 Å². The Hall–Kier alpha value is -8.02. The molecule has 4 heterocycles. The molecule has 0 unspecified atom stereocenters. The van der Waals surface area contributed by atoms with Crippen molar-refractivity contribution >= 4 is 87.1 Å². The molecule has 13 rings (SSSR count). The van der Waals surface area contributed by atoms with Crippen LogP contribution in [0.1, 0.15) is 0 Å². The highest BCUT2D eigenvalue weighted by Gasteiger charge is 2.25. The highest BCUT2D eigenvalue weighted by Crippen LogP contribution is 2.47. The minimum absolute atomic E-state index is 0.646. The lowest BCUT2D eigenvalue weighted by Gasteiger charge is -2.14. The summed E-state index contributed by atoms with van der Waals surface area (Å²) in [4.78, 5) is 11.0. The molecule has 0 fully saturated rings. The van der Waals surface area contributed by atoms with Crippen molar-refractivity contribution in [2.45, 2.75) is 0 Å². The minimum atomic E-state index is 0.646. The Labute approximate surface area is 338 Å². The molecule has 0 saturated carbocycles. The summed E-state index contributed by atoms with van der Waals surface area (Å²) >= 11 is 0. The molecule has 274 valence electrons. The van der Waals surface area contributed by atoms with E-state index in [-0.39, 0.29) is 0 Å². The average molecular weight is 752 g/mol. The topological polar surface area (TPSA) is 40.6 Å². The number of hydrogen-bond donors (Lipinski definition) is 0. The normalized spacial score (nSPS) is 12.1. The number of rotatable bonds is 4. The van der Waals surface area contributed by atoms with Gasteiger partial charge in [0.05, 0.1) is 44.3 Å². The van der Waals surface area contributed by atoms with E-state index in [9.17, 15) is 0 Å². The summed E-state index contributed by atoms with van der Waals surface area (Å²) in [6.07, 6.45) is 0. The van der Waals surface area contributed by atoms with Gasteiger partial charge in [0, 0.05) is 65.4 Å². The van der Waals surface area contributed by atoms with Crippen LogP contribution in [0.3, 0.4) is 0 Å². The second-order valence-electron chi connectivity index (χ2n) is 15.3. The Morgan fingerprint density at radius 1 is 0.305 bits per heavy atom. The zero-order chi connectivity index (χ0) is 38.6. The summed E-state index contributed by atoms with van der Waals surface area (Å²) in [5, 5.41) is 10.6. The molecule has 0 saturated heterocycles. The Bertz CT molecular complexity index is 3830. The minimum Gasteiger partial charge on any atom is -0.309 e. The lowest BCUT2D eigenvalue weighted by atomic mass is 9.99. The molecule has 4 aromatic heterocycles. The molecule has 0 atom stereocenters. The van der Waals surface area contributed by atoms with Crippen molar-refractivity contribution in [3.8, 4) is 28.6 Å². The van der Waals surface area contributed by atoms with Crippen molar-refractivity contribution < 1.29 is 0 Å². The number of aromatic nitrogens is 5. The van der Waals surface area contributed by atoms with Crippen LogP contribution in [-0.4, -0.2) is 23.7 Å². The van der Waals surface area contributed by atoms with Crippen LogP contribution in [0.4, 0.5) is 0 Å². The first-order valence-corrected chi connectivity index (χ1v) is 20.1. The maximum Gasteiger partial charge on any atom is 0.235 e. The van der Waals surface area contributed by atoms with Crippen LogP contribution < -0.4 is 0 Å². The smallest absolute Gasteiger partial charge is 0.235 e. The second-order valence-corrected chi connectivity index (χ2v) is 15.3. The fraction of sp³-hybridized carbons (Fsp3) is 0. The zero-order valence-corrected chi connectivity index (χ0v) is 31.8. The number of benzene rings is 9. The van der Waals surface area contributed by atoms with E-state index in [1.807, 2.05) is 0 Å². The fourth-order valence-electron chi connectivity index (χ4n) is 9.81. The summed E-state index contributed by atoms with van der Waals surface area (Å²) in [7, 11) is 0. The van der Waals surface area contributed by atoms with E-state index < -0.39 is 0 Å². The first-order chi connectivity index (χ1) is 29.3. The van der Waals surface area contributed by atoms with Crippen LogP contribution in [0.5, 0.6) is 0 Å².